The molecular formula is C12H22N2O3S. The van der Waals surface area contributed by atoms with Crippen LogP contribution in [0.1, 0.15) is 39.5 Å². The third kappa shape index (κ3) is 3.54. The summed E-state index contributed by atoms with van der Waals surface area (Å²) in [4.78, 5) is 22.9. The monoisotopic (exact) mass is 274 g/mol. The van der Waals surface area contributed by atoms with E-state index in [1.165, 1.54) is 6.92 Å². The van der Waals surface area contributed by atoms with Gasteiger partial charge in [-0.15, -0.1) is 0 Å². The van der Waals surface area contributed by atoms with Gasteiger partial charge < -0.3 is 15.7 Å². The van der Waals surface area contributed by atoms with E-state index in [1.54, 1.807) is 18.7 Å². The second-order valence-corrected chi connectivity index (χ2v) is 5.98. The quantitative estimate of drug-likeness (QED) is 0.714. The van der Waals surface area contributed by atoms with E-state index in [-0.39, 0.29) is 12.1 Å². The average Bonchev–Trinajstić information content (AvgIpc) is 2.75. The van der Waals surface area contributed by atoms with Gasteiger partial charge in [0, 0.05) is 11.3 Å². The molecule has 6 heteroatoms. The molecule has 0 spiro atoms. The number of carboxylic acid groups (broad SMARTS) is 1. The van der Waals surface area contributed by atoms with E-state index in [0.717, 1.165) is 19.3 Å². The van der Waals surface area contributed by atoms with Gasteiger partial charge in [-0.25, -0.2) is 9.59 Å². The van der Waals surface area contributed by atoms with Crippen molar-refractivity contribution in [3.63, 3.8) is 0 Å². The Morgan fingerprint density at radius 3 is 2.61 bits per heavy atom. The minimum absolute atomic E-state index is 0.148. The number of hydrogen-bond donors (Lipinski definition) is 3. The number of hydrogen-bond acceptors (Lipinski definition) is 3. The molecule has 1 fully saturated rings. The third-order valence-electron chi connectivity index (χ3n) is 3.64. The topological polar surface area (TPSA) is 78.4 Å². The van der Waals surface area contributed by atoms with Gasteiger partial charge in [0.05, 0.1) is 0 Å². The first-order chi connectivity index (χ1) is 8.42. The lowest BCUT2D eigenvalue weighted by atomic mass is 10.00. The summed E-state index contributed by atoms with van der Waals surface area (Å²) in [6, 6.07) is -0.234. The Kier molecular flexibility index (Phi) is 5.31. The van der Waals surface area contributed by atoms with Crippen LogP contribution < -0.4 is 10.6 Å². The summed E-state index contributed by atoms with van der Waals surface area (Å²) >= 11 is 1.75. The number of carbonyl (C=O) groups is 2. The molecule has 1 aliphatic rings. The molecule has 18 heavy (non-hydrogen) atoms. The third-order valence-corrected chi connectivity index (χ3v) is 4.81. The van der Waals surface area contributed by atoms with Crippen LogP contribution in [-0.2, 0) is 4.79 Å². The summed E-state index contributed by atoms with van der Waals surface area (Å²) in [6.07, 6.45) is 5.58. The molecule has 5 nitrogen and oxygen atoms in total. The van der Waals surface area contributed by atoms with Gasteiger partial charge in [-0.05, 0) is 32.4 Å². The van der Waals surface area contributed by atoms with Crippen LogP contribution in [-0.4, -0.2) is 40.2 Å². The number of thioether (sulfide) groups is 1. The molecule has 0 bridgehead atoms. The van der Waals surface area contributed by atoms with Crippen LogP contribution in [0.25, 0.3) is 0 Å². The standard InChI is InChI=1S/C12H22N2O3S/c1-4-12(2,10(15)16)14-11(17)13-8-6-5-7-9(8)18-3/h8-9H,4-7H2,1-3H3,(H,15,16)(H2,13,14,17). The van der Waals surface area contributed by atoms with Crippen LogP contribution in [0, 0.1) is 0 Å². The lowest BCUT2D eigenvalue weighted by Gasteiger charge is -2.27. The summed E-state index contributed by atoms with van der Waals surface area (Å²) in [5.41, 5.74) is -1.20. The number of carbonyl (C=O) groups excluding carboxylic acids is 1. The second kappa shape index (κ2) is 6.31. The number of urea groups is 1. The van der Waals surface area contributed by atoms with Crippen LogP contribution in [0.3, 0.4) is 0 Å². The Hall–Kier alpha value is -0.910. The van der Waals surface area contributed by atoms with Crippen LogP contribution in [0.4, 0.5) is 4.79 Å². The molecule has 0 radical (unpaired) electrons. The van der Waals surface area contributed by atoms with Crippen molar-refractivity contribution in [2.45, 2.75) is 56.4 Å². The Morgan fingerprint density at radius 2 is 2.11 bits per heavy atom. The Balaban J connectivity index is 2.53. The fourth-order valence-corrected chi connectivity index (χ4v) is 3.06. The first-order valence-electron chi connectivity index (χ1n) is 6.27. The number of carboxylic acids is 1. The molecule has 1 rings (SSSR count). The zero-order valence-corrected chi connectivity index (χ0v) is 12.0. The van der Waals surface area contributed by atoms with Crippen molar-refractivity contribution in [3.05, 3.63) is 0 Å². The molecule has 3 unspecified atom stereocenters. The van der Waals surface area contributed by atoms with Crippen molar-refractivity contribution in [3.8, 4) is 0 Å². The molecule has 0 aromatic heterocycles. The molecule has 0 aliphatic heterocycles. The van der Waals surface area contributed by atoms with Crippen LogP contribution in [0.15, 0.2) is 0 Å². The van der Waals surface area contributed by atoms with Gasteiger partial charge >= 0.3 is 12.0 Å². The molecular weight excluding hydrogens is 252 g/mol. The maximum absolute atomic E-state index is 11.8. The highest BCUT2D eigenvalue weighted by atomic mass is 32.2. The molecule has 1 saturated carbocycles. The lowest BCUT2D eigenvalue weighted by Crippen LogP contribution is -2.56. The molecule has 0 heterocycles. The maximum Gasteiger partial charge on any atom is 0.329 e. The molecule has 2 amide bonds. The molecule has 0 aromatic carbocycles. The highest BCUT2D eigenvalue weighted by molar-refractivity contribution is 7.99. The highest BCUT2D eigenvalue weighted by Gasteiger charge is 2.34. The van der Waals surface area contributed by atoms with Gasteiger partial charge in [0.15, 0.2) is 0 Å². The predicted octanol–water partition coefficient (Wildman–Crippen LogP) is 1.82. The van der Waals surface area contributed by atoms with Crippen LogP contribution in [0.2, 0.25) is 0 Å². The largest absolute Gasteiger partial charge is 0.480 e. The summed E-state index contributed by atoms with van der Waals surface area (Å²) in [5.74, 6) is -1.01. The Labute approximate surface area is 112 Å². The van der Waals surface area contributed by atoms with E-state index >= 15 is 0 Å². The smallest absolute Gasteiger partial charge is 0.329 e. The molecule has 104 valence electrons. The van der Waals surface area contributed by atoms with E-state index < -0.39 is 11.5 Å². The van der Waals surface area contributed by atoms with Crippen LogP contribution >= 0.6 is 11.8 Å². The number of rotatable bonds is 5. The number of nitrogens with one attached hydrogen (secondary N) is 2. The summed E-state index contributed by atoms with van der Waals surface area (Å²) in [5, 5.41) is 15.0. The SMILES string of the molecule is CCC(C)(NC(=O)NC1CCCC1SC)C(=O)O. The van der Waals surface area contributed by atoms with Gasteiger partial charge in [0.2, 0.25) is 0 Å². The van der Waals surface area contributed by atoms with Gasteiger partial charge in [-0.1, -0.05) is 13.3 Å². The van der Waals surface area contributed by atoms with E-state index in [1.807, 2.05) is 6.26 Å². The van der Waals surface area contributed by atoms with Crippen molar-refractivity contribution in [2.75, 3.05) is 6.26 Å². The maximum atomic E-state index is 11.8. The van der Waals surface area contributed by atoms with Crippen molar-refractivity contribution in [1.29, 1.82) is 0 Å². The minimum Gasteiger partial charge on any atom is -0.480 e. The second-order valence-electron chi connectivity index (χ2n) is 4.90. The highest BCUT2D eigenvalue weighted by Crippen LogP contribution is 2.28. The van der Waals surface area contributed by atoms with Crippen LogP contribution in [0.5, 0.6) is 0 Å². The van der Waals surface area contributed by atoms with Crippen molar-refractivity contribution in [1.82, 2.24) is 10.6 Å². The van der Waals surface area contributed by atoms with Gasteiger partial charge in [0.25, 0.3) is 0 Å². The minimum atomic E-state index is -1.20. The molecule has 3 atom stereocenters. The van der Waals surface area contributed by atoms with Gasteiger partial charge in [-0.3, -0.25) is 0 Å². The Bertz CT molecular complexity index is 324. The molecule has 0 saturated heterocycles. The summed E-state index contributed by atoms with van der Waals surface area (Å²) in [7, 11) is 0. The summed E-state index contributed by atoms with van der Waals surface area (Å²) in [6.45, 7) is 3.27. The van der Waals surface area contributed by atoms with Crippen molar-refractivity contribution >= 4 is 23.8 Å². The molecule has 1 aliphatic carbocycles. The average molecular weight is 274 g/mol. The zero-order valence-electron chi connectivity index (χ0n) is 11.2. The van der Waals surface area contributed by atoms with Crippen molar-refractivity contribution < 1.29 is 14.7 Å². The summed E-state index contributed by atoms with van der Waals surface area (Å²) < 4.78 is 0. The van der Waals surface area contributed by atoms with E-state index in [2.05, 4.69) is 10.6 Å². The first kappa shape index (κ1) is 15.1. The Morgan fingerprint density at radius 1 is 1.44 bits per heavy atom. The van der Waals surface area contributed by atoms with E-state index in [9.17, 15) is 9.59 Å². The van der Waals surface area contributed by atoms with Gasteiger partial charge in [-0.2, -0.15) is 11.8 Å². The normalized spacial score (nSPS) is 26.4. The fraction of sp³-hybridized carbons (Fsp3) is 0.833. The van der Waals surface area contributed by atoms with E-state index in [0.29, 0.717) is 11.7 Å². The lowest BCUT2D eigenvalue weighted by molar-refractivity contribution is -0.143. The zero-order chi connectivity index (χ0) is 13.8. The van der Waals surface area contributed by atoms with Gasteiger partial charge in [0.1, 0.15) is 5.54 Å². The molecule has 3 N–H and O–H groups in total. The number of amides is 2. The predicted molar refractivity (Wildman–Crippen MR) is 72.9 cm³/mol. The van der Waals surface area contributed by atoms with E-state index in [4.69, 9.17) is 5.11 Å². The first-order valence-corrected chi connectivity index (χ1v) is 7.56. The van der Waals surface area contributed by atoms with Crippen molar-refractivity contribution in [2.24, 2.45) is 0 Å². The number of aliphatic carboxylic acids is 1. The molecule has 0 aromatic rings. The fourth-order valence-electron chi connectivity index (χ4n) is 2.12.